The van der Waals surface area contributed by atoms with Gasteiger partial charge >= 0.3 is 0 Å². The predicted octanol–water partition coefficient (Wildman–Crippen LogP) is 3.99. The first kappa shape index (κ1) is 16.7. The van der Waals surface area contributed by atoms with Crippen molar-refractivity contribution in [1.82, 2.24) is 4.90 Å². The highest BCUT2D eigenvalue weighted by atomic mass is 16.2. The molecule has 2 nitrogen and oxygen atoms in total. The molecule has 0 bridgehead atoms. The summed E-state index contributed by atoms with van der Waals surface area (Å²) in [5.74, 6) is 1.12. The summed E-state index contributed by atoms with van der Waals surface area (Å²) in [7, 11) is 3.51. The van der Waals surface area contributed by atoms with E-state index in [9.17, 15) is 4.79 Å². The Morgan fingerprint density at radius 2 is 1.95 bits per heavy atom. The Kier molecular flexibility index (Phi) is 6.77. The van der Waals surface area contributed by atoms with E-state index in [-0.39, 0.29) is 5.91 Å². The van der Waals surface area contributed by atoms with Crippen LogP contribution in [0.25, 0.3) is 0 Å². The van der Waals surface area contributed by atoms with Crippen LogP contribution < -0.4 is 0 Å². The minimum Gasteiger partial charge on any atom is -0.349 e. The van der Waals surface area contributed by atoms with Crippen molar-refractivity contribution < 1.29 is 4.79 Å². The van der Waals surface area contributed by atoms with E-state index in [1.54, 1.807) is 30.1 Å². The van der Waals surface area contributed by atoms with Gasteiger partial charge in [-0.1, -0.05) is 44.0 Å². The molecule has 1 aromatic rings. The SMILES string of the molecule is CCC(=O)N(C)C.CCC1CCc2ccc(C)cc2C1. The molecule has 1 aliphatic carbocycles. The van der Waals surface area contributed by atoms with E-state index in [1.807, 2.05) is 6.92 Å². The standard InChI is InChI=1S/C13H18.C5H11NO/c1-3-11-5-7-12-6-4-10(2)8-13(12)9-11;1-4-5(7)6(2)3/h4,6,8,11H,3,5,7,9H2,1-2H3;4H2,1-3H3. The van der Waals surface area contributed by atoms with Crippen LogP contribution in [-0.2, 0) is 17.6 Å². The Hall–Kier alpha value is -1.31. The van der Waals surface area contributed by atoms with E-state index in [0.717, 1.165) is 5.92 Å². The van der Waals surface area contributed by atoms with Crippen LogP contribution in [0.2, 0.25) is 0 Å². The lowest BCUT2D eigenvalue weighted by molar-refractivity contribution is -0.128. The zero-order valence-corrected chi connectivity index (χ0v) is 13.7. The van der Waals surface area contributed by atoms with Crippen molar-refractivity contribution in [2.45, 2.75) is 52.9 Å². The van der Waals surface area contributed by atoms with Crippen molar-refractivity contribution in [2.75, 3.05) is 14.1 Å². The van der Waals surface area contributed by atoms with Crippen molar-refractivity contribution in [3.05, 3.63) is 34.9 Å². The molecule has 0 spiro atoms. The Bertz CT molecular complexity index is 437. The lowest BCUT2D eigenvalue weighted by Crippen LogP contribution is -2.19. The number of aryl methyl sites for hydroxylation is 2. The fraction of sp³-hybridized carbons (Fsp3) is 0.611. The summed E-state index contributed by atoms with van der Waals surface area (Å²) in [6, 6.07) is 6.93. The first-order valence-electron chi connectivity index (χ1n) is 7.76. The molecule has 0 heterocycles. The second-order valence-electron chi connectivity index (χ2n) is 5.93. The second-order valence-corrected chi connectivity index (χ2v) is 5.93. The minimum atomic E-state index is 0.181. The highest BCUT2D eigenvalue weighted by molar-refractivity contribution is 5.75. The fourth-order valence-electron chi connectivity index (χ4n) is 2.63. The molecule has 2 rings (SSSR count). The molecule has 0 aliphatic heterocycles. The predicted molar refractivity (Wildman–Crippen MR) is 86.0 cm³/mol. The number of nitrogens with zero attached hydrogens (tertiary/aromatic N) is 1. The summed E-state index contributed by atoms with van der Waals surface area (Å²) < 4.78 is 0. The van der Waals surface area contributed by atoms with Crippen LogP contribution in [-0.4, -0.2) is 24.9 Å². The summed E-state index contributed by atoms with van der Waals surface area (Å²) >= 11 is 0. The molecule has 0 fully saturated rings. The number of carbonyl (C=O) groups excluding carboxylic acids is 1. The van der Waals surface area contributed by atoms with Gasteiger partial charge in [0.05, 0.1) is 0 Å². The average Bonchev–Trinajstić information content (AvgIpc) is 2.46. The Morgan fingerprint density at radius 1 is 1.25 bits per heavy atom. The molecule has 20 heavy (non-hydrogen) atoms. The molecular formula is C18H29NO. The third-order valence-corrected chi connectivity index (χ3v) is 4.07. The normalized spacial score (nSPS) is 16.8. The molecule has 0 saturated heterocycles. The smallest absolute Gasteiger partial charge is 0.221 e. The van der Waals surface area contributed by atoms with Crippen LogP contribution in [0.3, 0.4) is 0 Å². The first-order chi connectivity index (χ1) is 9.47. The van der Waals surface area contributed by atoms with Gasteiger partial charge in [-0.25, -0.2) is 0 Å². The largest absolute Gasteiger partial charge is 0.349 e. The van der Waals surface area contributed by atoms with Crippen molar-refractivity contribution in [2.24, 2.45) is 5.92 Å². The maximum absolute atomic E-state index is 10.4. The van der Waals surface area contributed by atoms with Crippen molar-refractivity contribution >= 4 is 5.91 Å². The van der Waals surface area contributed by atoms with E-state index in [2.05, 4.69) is 32.0 Å². The van der Waals surface area contributed by atoms with Crippen molar-refractivity contribution in [3.63, 3.8) is 0 Å². The van der Waals surface area contributed by atoms with Crippen LogP contribution in [0.1, 0.15) is 49.8 Å². The molecule has 112 valence electrons. The Balaban J connectivity index is 0.000000246. The number of hydrogen-bond acceptors (Lipinski definition) is 1. The molecular weight excluding hydrogens is 246 g/mol. The van der Waals surface area contributed by atoms with Gasteiger partial charge in [0.2, 0.25) is 5.91 Å². The topological polar surface area (TPSA) is 20.3 Å². The van der Waals surface area contributed by atoms with Crippen LogP contribution in [0.4, 0.5) is 0 Å². The summed E-state index contributed by atoms with van der Waals surface area (Å²) in [5.41, 5.74) is 4.61. The summed E-state index contributed by atoms with van der Waals surface area (Å²) in [5, 5.41) is 0. The fourth-order valence-corrected chi connectivity index (χ4v) is 2.63. The summed E-state index contributed by atoms with van der Waals surface area (Å²) in [4.78, 5) is 12.0. The van der Waals surface area contributed by atoms with Crippen LogP contribution in [0.15, 0.2) is 18.2 Å². The molecule has 0 N–H and O–H groups in total. The molecule has 0 saturated carbocycles. The molecule has 0 aromatic heterocycles. The monoisotopic (exact) mass is 275 g/mol. The van der Waals surface area contributed by atoms with Crippen molar-refractivity contribution in [1.29, 1.82) is 0 Å². The molecule has 0 radical (unpaired) electrons. The molecule has 1 atom stereocenters. The highest BCUT2D eigenvalue weighted by Crippen LogP contribution is 2.27. The number of carbonyl (C=O) groups is 1. The molecule has 2 heteroatoms. The Morgan fingerprint density at radius 3 is 2.45 bits per heavy atom. The van der Waals surface area contributed by atoms with Gasteiger partial charge in [-0.2, -0.15) is 0 Å². The minimum absolute atomic E-state index is 0.181. The third kappa shape index (κ3) is 4.99. The van der Waals surface area contributed by atoms with E-state index in [1.165, 1.54) is 31.2 Å². The average molecular weight is 275 g/mol. The molecule has 1 unspecified atom stereocenters. The van der Waals surface area contributed by atoms with Crippen LogP contribution >= 0.6 is 0 Å². The first-order valence-corrected chi connectivity index (χ1v) is 7.76. The number of hydrogen-bond donors (Lipinski definition) is 0. The Labute approximate surface area is 124 Å². The van der Waals surface area contributed by atoms with Crippen molar-refractivity contribution in [3.8, 4) is 0 Å². The third-order valence-electron chi connectivity index (χ3n) is 4.07. The molecule has 1 aromatic carbocycles. The summed E-state index contributed by atoms with van der Waals surface area (Å²) in [6.07, 6.45) is 5.95. The maximum Gasteiger partial charge on any atom is 0.221 e. The van der Waals surface area contributed by atoms with Gasteiger partial charge in [-0.15, -0.1) is 0 Å². The van der Waals surface area contributed by atoms with Crippen LogP contribution in [0, 0.1) is 12.8 Å². The van der Waals surface area contributed by atoms with E-state index < -0.39 is 0 Å². The van der Waals surface area contributed by atoms with Gasteiger partial charge < -0.3 is 4.90 Å². The quantitative estimate of drug-likeness (QED) is 0.799. The summed E-state index contributed by atoms with van der Waals surface area (Å²) in [6.45, 7) is 6.35. The van der Waals surface area contributed by atoms with Gasteiger partial charge in [-0.05, 0) is 43.2 Å². The molecule has 1 aliphatic rings. The van der Waals surface area contributed by atoms with Gasteiger partial charge in [0.15, 0.2) is 0 Å². The number of rotatable bonds is 2. The number of fused-ring (bicyclic) bond motifs is 1. The lowest BCUT2D eigenvalue weighted by Gasteiger charge is -2.23. The highest BCUT2D eigenvalue weighted by Gasteiger charge is 2.16. The van der Waals surface area contributed by atoms with Gasteiger partial charge in [0, 0.05) is 20.5 Å². The van der Waals surface area contributed by atoms with Gasteiger partial charge in [-0.3, -0.25) is 4.79 Å². The lowest BCUT2D eigenvalue weighted by atomic mass is 9.82. The maximum atomic E-state index is 10.4. The van der Waals surface area contributed by atoms with Gasteiger partial charge in [0.25, 0.3) is 0 Å². The number of benzene rings is 1. The van der Waals surface area contributed by atoms with E-state index in [0.29, 0.717) is 6.42 Å². The van der Waals surface area contributed by atoms with E-state index in [4.69, 9.17) is 0 Å². The van der Waals surface area contributed by atoms with E-state index >= 15 is 0 Å². The zero-order valence-electron chi connectivity index (χ0n) is 13.7. The van der Waals surface area contributed by atoms with Gasteiger partial charge in [0.1, 0.15) is 0 Å². The molecule has 1 amide bonds. The second kappa shape index (κ2) is 8.08. The van der Waals surface area contributed by atoms with Crippen LogP contribution in [0.5, 0.6) is 0 Å². The zero-order chi connectivity index (χ0) is 15.1. The number of amides is 1.